The van der Waals surface area contributed by atoms with E-state index in [4.69, 9.17) is 14.0 Å². The fourth-order valence-corrected chi connectivity index (χ4v) is 4.61. The van der Waals surface area contributed by atoms with E-state index in [0.717, 1.165) is 28.8 Å². The van der Waals surface area contributed by atoms with Gasteiger partial charge < -0.3 is 18.9 Å². The second kappa shape index (κ2) is 10.3. The number of ether oxygens (including phenoxy) is 2. The topological polar surface area (TPSA) is 77.7 Å². The first kappa shape index (κ1) is 23.1. The Hall–Kier alpha value is -3.71. The van der Waals surface area contributed by atoms with Crippen LogP contribution in [0.4, 0.5) is 0 Å². The van der Waals surface area contributed by atoms with Crippen LogP contribution in [0.15, 0.2) is 65.4 Å². The Labute approximate surface area is 204 Å². The molecule has 1 aliphatic heterocycles. The summed E-state index contributed by atoms with van der Waals surface area (Å²) >= 11 is 0. The maximum absolute atomic E-state index is 13.4. The first-order chi connectivity index (χ1) is 17.1. The molecule has 5 rings (SSSR count). The lowest BCUT2D eigenvalue weighted by atomic mass is 9.96. The van der Waals surface area contributed by atoms with Gasteiger partial charge in [0, 0.05) is 42.4 Å². The summed E-state index contributed by atoms with van der Waals surface area (Å²) in [6, 6.07) is 15.6. The average Bonchev–Trinajstić information content (AvgIpc) is 3.06. The molecule has 2 aromatic carbocycles. The Morgan fingerprint density at radius 1 is 1.14 bits per heavy atom. The molecule has 1 atom stereocenters. The second-order valence-corrected chi connectivity index (χ2v) is 9.04. The summed E-state index contributed by atoms with van der Waals surface area (Å²) in [7, 11) is 0. The Kier molecular flexibility index (Phi) is 6.77. The fourth-order valence-electron chi connectivity index (χ4n) is 4.61. The molecule has 0 bridgehead atoms. The second-order valence-electron chi connectivity index (χ2n) is 9.04. The number of aromatic nitrogens is 2. The molecule has 4 aromatic rings. The summed E-state index contributed by atoms with van der Waals surface area (Å²) in [5, 5.41) is 6.29. The van der Waals surface area contributed by atoms with E-state index in [1.54, 1.807) is 6.07 Å². The average molecular weight is 472 g/mol. The van der Waals surface area contributed by atoms with Gasteiger partial charge in [0.05, 0.1) is 24.5 Å². The van der Waals surface area contributed by atoms with E-state index in [9.17, 15) is 4.79 Å². The smallest absolute Gasteiger partial charge is 0.254 e. The number of carbonyl (C=O) groups excluding carboxylic acids is 1. The van der Waals surface area contributed by atoms with E-state index >= 15 is 0 Å². The summed E-state index contributed by atoms with van der Waals surface area (Å²) in [6.07, 6.45) is 4.62. The molecule has 0 spiro atoms. The number of benzene rings is 2. The molecule has 35 heavy (non-hydrogen) atoms. The normalized spacial score (nSPS) is 16.3. The number of nitrogens with zero attached hydrogens (tertiary/aromatic N) is 3. The van der Waals surface area contributed by atoms with Gasteiger partial charge in [-0.05, 0) is 49.4 Å². The monoisotopic (exact) mass is 471 g/mol. The summed E-state index contributed by atoms with van der Waals surface area (Å²) < 4.78 is 17.0. The molecule has 0 radical (unpaired) electrons. The van der Waals surface area contributed by atoms with Crippen molar-refractivity contribution in [2.24, 2.45) is 5.92 Å². The lowest BCUT2D eigenvalue weighted by Gasteiger charge is -2.24. The van der Waals surface area contributed by atoms with E-state index < -0.39 is 0 Å². The van der Waals surface area contributed by atoms with E-state index in [1.165, 1.54) is 10.9 Å². The first-order valence-corrected chi connectivity index (χ1v) is 11.9. The fraction of sp³-hybridized carbons (Fsp3) is 0.321. The molecule has 7 nitrogen and oxygen atoms in total. The van der Waals surface area contributed by atoms with Gasteiger partial charge in [-0.1, -0.05) is 35.5 Å². The zero-order valence-corrected chi connectivity index (χ0v) is 20.1. The van der Waals surface area contributed by atoms with E-state index in [2.05, 4.69) is 22.3 Å². The van der Waals surface area contributed by atoms with Gasteiger partial charge in [-0.25, -0.2) is 0 Å². The summed E-state index contributed by atoms with van der Waals surface area (Å²) in [4.78, 5) is 19.7. The maximum atomic E-state index is 13.4. The van der Waals surface area contributed by atoms with Crippen molar-refractivity contribution in [2.45, 2.75) is 26.9 Å². The van der Waals surface area contributed by atoms with Crippen molar-refractivity contribution in [1.29, 1.82) is 0 Å². The molecular formula is C28H29N3O4. The summed E-state index contributed by atoms with van der Waals surface area (Å²) in [5.74, 6) is 1.55. The van der Waals surface area contributed by atoms with Gasteiger partial charge >= 0.3 is 0 Å². The van der Waals surface area contributed by atoms with Crippen molar-refractivity contribution >= 4 is 16.7 Å². The number of carbonyl (C=O) groups is 1. The molecule has 180 valence electrons. The third-order valence-corrected chi connectivity index (χ3v) is 6.53. The van der Waals surface area contributed by atoms with Crippen molar-refractivity contribution in [3.8, 4) is 5.75 Å². The molecule has 1 aliphatic rings. The number of fused-ring (bicyclic) bond motifs is 1. The molecule has 1 saturated heterocycles. The first-order valence-electron chi connectivity index (χ1n) is 11.9. The number of hydrogen-bond donors (Lipinski definition) is 0. The standard InChI is InChI=1S/C28H29N3O4/c1-19-27(20(2)35-30-19)18-34-25-8-5-7-22(13-25)28(32)31-10-11-33-17-21(16-31)12-24-15-29-14-23-6-3-4-9-26(23)24/h3-9,13-15,21H,10-12,16-18H2,1-2H3/t21-/m0/s1. The predicted octanol–water partition coefficient (Wildman–Crippen LogP) is 4.75. The Morgan fingerprint density at radius 2 is 2.03 bits per heavy atom. The highest BCUT2D eigenvalue weighted by Gasteiger charge is 2.24. The third-order valence-electron chi connectivity index (χ3n) is 6.53. The van der Waals surface area contributed by atoms with Gasteiger partial charge in [0.15, 0.2) is 0 Å². The minimum Gasteiger partial charge on any atom is -0.489 e. The predicted molar refractivity (Wildman–Crippen MR) is 132 cm³/mol. The van der Waals surface area contributed by atoms with Crippen LogP contribution >= 0.6 is 0 Å². The van der Waals surface area contributed by atoms with Gasteiger partial charge in [-0.3, -0.25) is 9.78 Å². The molecule has 0 aliphatic carbocycles. The third kappa shape index (κ3) is 5.20. The van der Waals surface area contributed by atoms with Gasteiger partial charge in [-0.15, -0.1) is 0 Å². The van der Waals surface area contributed by atoms with Crippen LogP contribution in [0.5, 0.6) is 5.75 Å². The van der Waals surface area contributed by atoms with Crippen LogP contribution in [-0.4, -0.2) is 47.3 Å². The maximum Gasteiger partial charge on any atom is 0.254 e. The zero-order valence-electron chi connectivity index (χ0n) is 20.1. The van der Waals surface area contributed by atoms with Gasteiger partial charge in [0.25, 0.3) is 5.91 Å². The molecule has 2 aromatic heterocycles. The van der Waals surface area contributed by atoms with Crippen LogP contribution in [-0.2, 0) is 17.8 Å². The van der Waals surface area contributed by atoms with E-state index in [-0.39, 0.29) is 11.8 Å². The summed E-state index contributed by atoms with van der Waals surface area (Å²) in [6.45, 7) is 6.44. The SMILES string of the molecule is Cc1noc(C)c1COc1cccc(C(=O)N2CCOC[C@@H](Cc3cncc4ccccc34)C2)c1. The summed E-state index contributed by atoms with van der Waals surface area (Å²) in [5.41, 5.74) is 3.53. The Balaban J connectivity index is 1.28. The van der Waals surface area contributed by atoms with Gasteiger partial charge in [-0.2, -0.15) is 0 Å². The minimum absolute atomic E-state index is 0.0145. The van der Waals surface area contributed by atoms with Gasteiger partial charge in [0.1, 0.15) is 18.1 Å². The molecule has 7 heteroatoms. The van der Waals surface area contributed by atoms with E-state index in [0.29, 0.717) is 44.2 Å². The number of rotatable bonds is 6. The number of hydrogen-bond acceptors (Lipinski definition) is 6. The quantitative estimate of drug-likeness (QED) is 0.404. The molecular weight excluding hydrogens is 442 g/mol. The van der Waals surface area contributed by atoms with Crippen molar-refractivity contribution in [1.82, 2.24) is 15.0 Å². The van der Waals surface area contributed by atoms with Gasteiger partial charge in [0.2, 0.25) is 0 Å². The molecule has 0 unspecified atom stereocenters. The Morgan fingerprint density at radius 3 is 2.89 bits per heavy atom. The van der Waals surface area contributed by atoms with Crippen LogP contribution in [0.3, 0.4) is 0 Å². The molecule has 3 heterocycles. The van der Waals surface area contributed by atoms with Crippen molar-refractivity contribution in [3.63, 3.8) is 0 Å². The molecule has 0 saturated carbocycles. The molecule has 1 fully saturated rings. The van der Waals surface area contributed by atoms with Crippen LogP contribution in [0.1, 0.15) is 32.9 Å². The van der Waals surface area contributed by atoms with Crippen LogP contribution in [0.25, 0.3) is 10.8 Å². The number of pyridine rings is 1. The van der Waals surface area contributed by atoms with Crippen LogP contribution in [0.2, 0.25) is 0 Å². The van der Waals surface area contributed by atoms with Crippen LogP contribution < -0.4 is 4.74 Å². The largest absolute Gasteiger partial charge is 0.489 e. The highest BCUT2D eigenvalue weighted by molar-refractivity contribution is 5.94. The minimum atomic E-state index is -0.0145. The molecule has 1 amide bonds. The molecule has 0 N–H and O–H groups in total. The highest BCUT2D eigenvalue weighted by Crippen LogP contribution is 2.23. The number of amides is 1. The van der Waals surface area contributed by atoms with E-state index in [1.807, 2.05) is 61.5 Å². The van der Waals surface area contributed by atoms with Crippen molar-refractivity contribution in [2.75, 3.05) is 26.3 Å². The van der Waals surface area contributed by atoms with Crippen LogP contribution in [0, 0.1) is 19.8 Å². The lowest BCUT2D eigenvalue weighted by Crippen LogP contribution is -2.36. The lowest BCUT2D eigenvalue weighted by molar-refractivity contribution is 0.0737. The van der Waals surface area contributed by atoms with Crippen molar-refractivity contribution < 1.29 is 18.8 Å². The number of aryl methyl sites for hydroxylation is 2. The van der Waals surface area contributed by atoms with Crippen molar-refractivity contribution in [3.05, 3.63) is 89.1 Å². The highest BCUT2D eigenvalue weighted by atomic mass is 16.5. The Bertz CT molecular complexity index is 1310. The zero-order chi connectivity index (χ0) is 24.2.